The third-order valence-electron chi connectivity index (χ3n) is 3.83. The minimum atomic E-state index is 0.290. The Morgan fingerprint density at radius 2 is 1.89 bits per heavy atom. The molecular weight excluding hydrogens is 230 g/mol. The van der Waals surface area contributed by atoms with Crippen molar-refractivity contribution in [3.63, 3.8) is 0 Å². The maximum absolute atomic E-state index is 5.91. The summed E-state index contributed by atoms with van der Waals surface area (Å²) in [4.78, 5) is 4.89. The van der Waals surface area contributed by atoms with Gasteiger partial charge in [-0.3, -0.25) is 0 Å². The Labute approximate surface area is 107 Å². The van der Waals surface area contributed by atoms with Gasteiger partial charge in [-0.1, -0.05) is 0 Å². The largest absolute Gasteiger partial charge is 0.489 e. The molecule has 1 spiro atoms. The summed E-state index contributed by atoms with van der Waals surface area (Å²) >= 11 is 0. The molecule has 0 amide bonds. The predicted octanol–water partition coefficient (Wildman–Crippen LogP) is 2.20. The highest BCUT2D eigenvalue weighted by Crippen LogP contribution is 2.49. The Bertz CT molecular complexity index is 455. The Hall–Kier alpha value is -1.26. The monoisotopic (exact) mass is 249 g/mol. The zero-order valence-corrected chi connectivity index (χ0v) is 10.9. The number of benzene rings is 1. The van der Waals surface area contributed by atoms with Crippen LogP contribution in [-0.2, 0) is 11.4 Å². The first-order valence-corrected chi connectivity index (χ1v) is 6.37. The van der Waals surface area contributed by atoms with Crippen LogP contribution in [0, 0.1) is 12.3 Å². The van der Waals surface area contributed by atoms with E-state index in [1.54, 1.807) is 7.11 Å². The molecule has 0 bridgehead atoms. The molecule has 2 aliphatic rings. The van der Waals surface area contributed by atoms with Gasteiger partial charge in [-0.25, -0.2) is 0 Å². The van der Waals surface area contributed by atoms with Crippen molar-refractivity contribution in [2.75, 3.05) is 20.3 Å². The summed E-state index contributed by atoms with van der Waals surface area (Å²) in [6.45, 7) is 4.31. The van der Waals surface area contributed by atoms with Gasteiger partial charge in [0.05, 0.1) is 20.3 Å². The average molecular weight is 249 g/mol. The summed E-state index contributed by atoms with van der Waals surface area (Å²) in [6, 6.07) is 4.11. The third-order valence-corrected chi connectivity index (χ3v) is 3.83. The second-order valence-electron chi connectivity index (χ2n) is 5.33. The third kappa shape index (κ3) is 2.18. The van der Waals surface area contributed by atoms with E-state index in [1.165, 1.54) is 24.0 Å². The van der Waals surface area contributed by atoms with Crippen molar-refractivity contribution in [2.45, 2.75) is 26.3 Å². The van der Waals surface area contributed by atoms with E-state index in [2.05, 4.69) is 24.5 Å². The molecule has 1 aliphatic carbocycles. The van der Waals surface area contributed by atoms with Gasteiger partial charge >= 0.3 is 0 Å². The molecule has 0 aromatic heterocycles. The van der Waals surface area contributed by atoms with Crippen LogP contribution in [0.2, 0.25) is 0 Å². The van der Waals surface area contributed by atoms with Gasteiger partial charge in [-0.05, 0) is 43.0 Å². The van der Waals surface area contributed by atoms with Crippen LogP contribution in [0.25, 0.3) is 0 Å². The summed E-state index contributed by atoms with van der Waals surface area (Å²) < 4.78 is 11.8. The molecule has 1 saturated carbocycles. The van der Waals surface area contributed by atoms with E-state index in [9.17, 15) is 0 Å². The van der Waals surface area contributed by atoms with Crippen LogP contribution >= 0.6 is 0 Å². The van der Waals surface area contributed by atoms with Crippen LogP contribution in [-0.4, -0.2) is 20.3 Å². The molecule has 1 fully saturated rings. The molecular formula is C14H19NO3. The van der Waals surface area contributed by atoms with Crippen molar-refractivity contribution >= 4 is 0 Å². The smallest absolute Gasteiger partial charge is 0.161 e. The number of hydrogen-bond donors (Lipinski definition) is 1. The maximum Gasteiger partial charge on any atom is 0.161 e. The van der Waals surface area contributed by atoms with Crippen LogP contribution in [0.1, 0.15) is 24.0 Å². The zero-order chi connectivity index (χ0) is 12.6. The van der Waals surface area contributed by atoms with Crippen molar-refractivity contribution < 1.29 is 14.3 Å². The van der Waals surface area contributed by atoms with Crippen molar-refractivity contribution in [3.05, 3.63) is 23.3 Å². The molecule has 1 aromatic carbocycles. The Kier molecular flexibility index (Phi) is 2.92. The molecule has 4 nitrogen and oxygen atoms in total. The molecule has 0 radical (unpaired) electrons. The van der Waals surface area contributed by atoms with E-state index < -0.39 is 0 Å². The first kappa shape index (κ1) is 11.8. The lowest BCUT2D eigenvalue weighted by atomic mass is 10.1. The minimum absolute atomic E-state index is 0.290. The molecule has 3 rings (SSSR count). The number of aryl methyl sites for hydroxylation is 1. The van der Waals surface area contributed by atoms with Crippen LogP contribution in [0.15, 0.2) is 12.1 Å². The van der Waals surface area contributed by atoms with E-state index in [-0.39, 0.29) is 5.41 Å². The predicted molar refractivity (Wildman–Crippen MR) is 67.7 cm³/mol. The van der Waals surface area contributed by atoms with Gasteiger partial charge in [0.1, 0.15) is 0 Å². The fraction of sp³-hybridized carbons (Fsp3) is 0.571. The van der Waals surface area contributed by atoms with Gasteiger partial charge in [-0.15, -0.1) is 0 Å². The first-order chi connectivity index (χ1) is 8.72. The lowest BCUT2D eigenvalue weighted by Crippen LogP contribution is -2.17. The van der Waals surface area contributed by atoms with Gasteiger partial charge < -0.3 is 14.3 Å². The number of fused-ring (bicyclic) bond motifs is 1. The molecule has 1 heterocycles. The number of nitrogens with one attached hydrogen (secondary N) is 1. The Balaban J connectivity index is 1.83. The van der Waals surface area contributed by atoms with Crippen molar-refractivity contribution in [2.24, 2.45) is 5.41 Å². The first-order valence-electron chi connectivity index (χ1n) is 6.37. The summed E-state index contributed by atoms with van der Waals surface area (Å²) in [7, 11) is 1.62. The lowest BCUT2D eigenvalue weighted by Gasteiger charge is -2.12. The van der Waals surface area contributed by atoms with Crippen LogP contribution in [0.3, 0.4) is 0 Å². The minimum Gasteiger partial charge on any atom is -0.489 e. The molecule has 0 atom stereocenters. The van der Waals surface area contributed by atoms with Crippen LogP contribution in [0.4, 0.5) is 0 Å². The van der Waals surface area contributed by atoms with E-state index in [1.807, 2.05) is 0 Å². The molecule has 1 aliphatic heterocycles. The van der Waals surface area contributed by atoms with Gasteiger partial charge in [0.15, 0.2) is 11.5 Å². The van der Waals surface area contributed by atoms with E-state index in [0.29, 0.717) is 6.54 Å². The number of hydrogen-bond acceptors (Lipinski definition) is 4. The summed E-state index contributed by atoms with van der Waals surface area (Å²) in [5.41, 5.74) is 5.51. The highest BCUT2D eigenvalue weighted by molar-refractivity contribution is 5.47. The lowest BCUT2D eigenvalue weighted by molar-refractivity contribution is 0.0865. The topological polar surface area (TPSA) is 39.7 Å². The molecule has 0 saturated heterocycles. The Morgan fingerprint density at radius 1 is 1.22 bits per heavy atom. The van der Waals surface area contributed by atoms with Crippen molar-refractivity contribution in [3.8, 4) is 11.5 Å². The van der Waals surface area contributed by atoms with Crippen molar-refractivity contribution in [1.29, 1.82) is 0 Å². The highest BCUT2D eigenvalue weighted by Gasteiger charge is 2.46. The Morgan fingerprint density at radius 3 is 2.50 bits per heavy atom. The molecule has 98 valence electrons. The standard InChI is InChI=1S/C14H19NO3/c1-10-5-12-13(6-11(10)7-15-16-2)18-9-14(3-4-14)8-17-12/h5-6,15H,3-4,7-9H2,1-2H3. The second-order valence-corrected chi connectivity index (χ2v) is 5.33. The molecule has 4 heteroatoms. The zero-order valence-electron chi connectivity index (χ0n) is 10.9. The number of ether oxygens (including phenoxy) is 2. The molecule has 0 unspecified atom stereocenters. The van der Waals surface area contributed by atoms with E-state index in [4.69, 9.17) is 14.3 Å². The van der Waals surface area contributed by atoms with Gasteiger partial charge in [0.25, 0.3) is 0 Å². The quantitative estimate of drug-likeness (QED) is 0.834. The van der Waals surface area contributed by atoms with Gasteiger partial charge in [0.2, 0.25) is 0 Å². The van der Waals surface area contributed by atoms with Gasteiger partial charge in [0, 0.05) is 12.0 Å². The molecule has 18 heavy (non-hydrogen) atoms. The number of hydroxylamine groups is 1. The van der Waals surface area contributed by atoms with E-state index in [0.717, 1.165) is 24.7 Å². The summed E-state index contributed by atoms with van der Waals surface area (Å²) in [5.74, 6) is 1.73. The van der Waals surface area contributed by atoms with Crippen LogP contribution in [0.5, 0.6) is 11.5 Å². The maximum atomic E-state index is 5.91. The van der Waals surface area contributed by atoms with E-state index >= 15 is 0 Å². The second kappa shape index (κ2) is 4.44. The summed E-state index contributed by atoms with van der Waals surface area (Å²) in [6.07, 6.45) is 2.44. The SMILES string of the molecule is CONCc1cc2c(cc1C)OCC1(CC1)CO2. The van der Waals surface area contributed by atoms with Crippen molar-refractivity contribution in [1.82, 2.24) is 5.48 Å². The normalized spacial score (nSPS) is 19.7. The number of rotatable bonds is 3. The van der Waals surface area contributed by atoms with Crippen LogP contribution < -0.4 is 15.0 Å². The van der Waals surface area contributed by atoms with Gasteiger partial charge in [-0.2, -0.15) is 5.48 Å². The molecule has 1 aromatic rings. The summed E-state index contributed by atoms with van der Waals surface area (Å²) in [5, 5.41) is 0. The fourth-order valence-corrected chi connectivity index (χ4v) is 2.24. The molecule has 1 N–H and O–H groups in total. The highest BCUT2D eigenvalue weighted by atomic mass is 16.6. The fourth-order valence-electron chi connectivity index (χ4n) is 2.24. The average Bonchev–Trinajstić information content (AvgIpc) is 3.16.